The van der Waals surface area contributed by atoms with E-state index in [1.165, 1.54) is 0 Å². The first kappa shape index (κ1) is 11.8. The molecule has 0 atom stereocenters. The van der Waals surface area contributed by atoms with Gasteiger partial charge < -0.3 is 0 Å². The summed E-state index contributed by atoms with van der Waals surface area (Å²) in [7, 11) is 0. The molecular weight excluding hydrogens is 216 g/mol. The molecule has 2 aromatic rings. The largest absolute Gasteiger partial charge is 0.231 e. The van der Waals surface area contributed by atoms with E-state index in [1.54, 1.807) is 17.3 Å². The summed E-state index contributed by atoms with van der Waals surface area (Å²) in [6, 6.07) is 0. The highest BCUT2D eigenvalue weighted by molar-refractivity contribution is 4.92. The van der Waals surface area contributed by atoms with Crippen LogP contribution in [0.4, 0.5) is 0 Å². The standard InChI is InChI=1S/C11H18N6/c1-8(2)10-13-6-16(15-10)7-17-11(9(3)4)12-5-14-17/h5-6,8-9H,7H2,1-4H3. The summed E-state index contributed by atoms with van der Waals surface area (Å²) in [6.07, 6.45) is 3.32. The van der Waals surface area contributed by atoms with Crippen LogP contribution in [0, 0.1) is 0 Å². The summed E-state index contributed by atoms with van der Waals surface area (Å²) >= 11 is 0. The van der Waals surface area contributed by atoms with Crippen molar-refractivity contribution in [1.82, 2.24) is 29.5 Å². The molecule has 0 fully saturated rings. The van der Waals surface area contributed by atoms with Crippen LogP contribution >= 0.6 is 0 Å². The highest BCUT2D eigenvalue weighted by atomic mass is 15.5. The lowest BCUT2D eigenvalue weighted by molar-refractivity contribution is 0.469. The lowest BCUT2D eigenvalue weighted by Gasteiger charge is -2.07. The van der Waals surface area contributed by atoms with Crippen LogP contribution in [0.1, 0.15) is 51.2 Å². The molecule has 0 saturated carbocycles. The van der Waals surface area contributed by atoms with Crippen LogP contribution in [0.5, 0.6) is 0 Å². The van der Waals surface area contributed by atoms with Gasteiger partial charge in [0.05, 0.1) is 0 Å². The average molecular weight is 234 g/mol. The van der Waals surface area contributed by atoms with Crippen molar-refractivity contribution in [3.8, 4) is 0 Å². The number of hydrogen-bond acceptors (Lipinski definition) is 4. The molecule has 0 unspecified atom stereocenters. The lowest BCUT2D eigenvalue weighted by Crippen LogP contribution is -2.14. The van der Waals surface area contributed by atoms with E-state index in [0.29, 0.717) is 18.5 Å². The fourth-order valence-electron chi connectivity index (χ4n) is 1.61. The fraction of sp³-hybridized carbons (Fsp3) is 0.636. The van der Waals surface area contributed by atoms with Gasteiger partial charge in [-0.1, -0.05) is 27.7 Å². The Morgan fingerprint density at radius 3 is 2.47 bits per heavy atom. The first-order valence-corrected chi connectivity index (χ1v) is 5.85. The van der Waals surface area contributed by atoms with E-state index in [9.17, 15) is 0 Å². The van der Waals surface area contributed by atoms with Crippen LogP contribution < -0.4 is 0 Å². The summed E-state index contributed by atoms with van der Waals surface area (Å²) in [5.74, 6) is 2.52. The molecule has 0 saturated heterocycles. The van der Waals surface area contributed by atoms with Crippen molar-refractivity contribution in [2.24, 2.45) is 0 Å². The zero-order valence-electron chi connectivity index (χ0n) is 10.7. The topological polar surface area (TPSA) is 61.4 Å². The van der Waals surface area contributed by atoms with Crippen molar-refractivity contribution < 1.29 is 0 Å². The van der Waals surface area contributed by atoms with Gasteiger partial charge in [0.2, 0.25) is 0 Å². The van der Waals surface area contributed by atoms with E-state index in [-0.39, 0.29) is 0 Å². The third-order valence-corrected chi connectivity index (χ3v) is 2.51. The van der Waals surface area contributed by atoms with E-state index in [4.69, 9.17) is 0 Å². The molecule has 92 valence electrons. The minimum atomic E-state index is 0.344. The Bertz CT molecular complexity index is 482. The molecule has 0 amide bonds. The van der Waals surface area contributed by atoms with Crippen LogP contribution in [0.3, 0.4) is 0 Å². The average Bonchev–Trinajstić information content (AvgIpc) is 2.86. The number of hydrogen-bond donors (Lipinski definition) is 0. The molecule has 2 heterocycles. The molecule has 2 aromatic heterocycles. The predicted molar refractivity (Wildman–Crippen MR) is 63.6 cm³/mol. The highest BCUT2D eigenvalue weighted by Crippen LogP contribution is 2.11. The zero-order chi connectivity index (χ0) is 12.4. The molecule has 0 bridgehead atoms. The Kier molecular flexibility index (Phi) is 3.21. The van der Waals surface area contributed by atoms with E-state index < -0.39 is 0 Å². The van der Waals surface area contributed by atoms with E-state index in [1.807, 2.05) is 4.68 Å². The molecule has 2 rings (SSSR count). The maximum Gasteiger partial charge on any atom is 0.153 e. The summed E-state index contributed by atoms with van der Waals surface area (Å²) in [6.45, 7) is 8.92. The quantitative estimate of drug-likeness (QED) is 0.806. The molecule has 0 spiro atoms. The van der Waals surface area contributed by atoms with Gasteiger partial charge in [-0.05, 0) is 0 Å². The maximum atomic E-state index is 4.40. The molecule has 0 aliphatic heterocycles. The zero-order valence-corrected chi connectivity index (χ0v) is 10.7. The van der Waals surface area contributed by atoms with Crippen molar-refractivity contribution in [1.29, 1.82) is 0 Å². The Labute approximate surface area is 101 Å². The van der Waals surface area contributed by atoms with Gasteiger partial charge in [-0.2, -0.15) is 10.2 Å². The number of aromatic nitrogens is 6. The number of rotatable bonds is 4. The summed E-state index contributed by atoms with van der Waals surface area (Å²) < 4.78 is 3.64. The summed E-state index contributed by atoms with van der Waals surface area (Å²) in [4.78, 5) is 8.51. The van der Waals surface area contributed by atoms with E-state index >= 15 is 0 Å². The van der Waals surface area contributed by atoms with Crippen LogP contribution in [0.25, 0.3) is 0 Å². The second-order valence-electron chi connectivity index (χ2n) is 4.71. The van der Waals surface area contributed by atoms with Gasteiger partial charge in [0.15, 0.2) is 5.82 Å². The second-order valence-corrected chi connectivity index (χ2v) is 4.71. The second kappa shape index (κ2) is 4.65. The van der Waals surface area contributed by atoms with Crippen LogP contribution in [0.15, 0.2) is 12.7 Å². The molecule has 0 aliphatic rings. The molecule has 0 radical (unpaired) electrons. The monoisotopic (exact) mass is 234 g/mol. The SMILES string of the molecule is CC(C)c1ncn(Cn2ncnc2C(C)C)n1. The Morgan fingerprint density at radius 1 is 1.12 bits per heavy atom. The van der Waals surface area contributed by atoms with Crippen molar-refractivity contribution in [2.45, 2.75) is 46.2 Å². The first-order chi connectivity index (χ1) is 8.08. The maximum absolute atomic E-state index is 4.40. The summed E-state index contributed by atoms with van der Waals surface area (Å²) in [5.41, 5.74) is 0. The molecule has 6 heteroatoms. The molecule has 0 aromatic carbocycles. The minimum Gasteiger partial charge on any atom is -0.231 e. The van der Waals surface area contributed by atoms with Crippen molar-refractivity contribution in [3.63, 3.8) is 0 Å². The predicted octanol–water partition coefficient (Wildman–Crippen LogP) is 1.62. The van der Waals surface area contributed by atoms with Gasteiger partial charge in [-0.3, -0.25) is 0 Å². The Balaban J connectivity index is 2.17. The molecule has 17 heavy (non-hydrogen) atoms. The van der Waals surface area contributed by atoms with Gasteiger partial charge in [-0.25, -0.2) is 19.3 Å². The van der Waals surface area contributed by atoms with Crippen LogP contribution in [0.2, 0.25) is 0 Å². The Hall–Kier alpha value is -1.72. The third kappa shape index (κ3) is 2.51. The lowest BCUT2D eigenvalue weighted by atomic mass is 10.2. The smallest absolute Gasteiger partial charge is 0.153 e. The molecule has 6 nitrogen and oxygen atoms in total. The van der Waals surface area contributed by atoms with Gasteiger partial charge >= 0.3 is 0 Å². The molecule has 0 aliphatic carbocycles. The molecular formula is C11H18N6. The van der Waals surface area contributed by atoms with Crippen LogP contribution in [-0.4, -0.2) is 29.5 Å². The van der Waals surface area contributed by atoms with Crippen molar-refractivity contribution in [2.75, 3.05) is 0 Å². The number of nitrogens with zero attached hydrogens (tertiary/aromatic N) is 6. The highest BCUT2D eigenvalue weighted by Gasteiger charge is 2.10. The van der Waals surface area contributed by atoms with Crippen molar-refractivity contribution >= 4 is 0 Å². The first-order valence-electron chi connectivity index (χ1n) is 5.85. The van der Waals surface area contributed by atoms with E-state index in [0.717, 1.165) is 11.6 Å². The fourth-order valence-corrected chi connectivity index (χ4v) is 1.61. The Morgan fingerprint density at radius 2 is 1.88 bits per heavy atom. The molecule has 0 N–H and O–H groups in total. The van der Waals surface area contributed by atoms with Crippen molar-refractivity contribution in [3.05, 3.63) is 24.3 Å². The van der Waals surface area contributed by atoms with Gasteiger partial charge in [0.1, 0.15) is 25.1 Å². The minimum absolute atomic E-state index is 0.344. The van der Waals surface area contributed by atoms with Gasteiger partial charge in [0.25, 0.3) is 0 Å². The van der Waals surface area contributed by atoms with Crippen LogP contribution in [-0.2, 0) is 6.67 Å². The van der Waals surface area contributed by atoms with E-state index in [2.05, 4.69) is 47.9 Å². The third-order valence-electron chi connectivity index (χ3n) is 2.51. The summed E-state index contributed by atoms with van der Waals surface area (Å²) in [5, 5.41) is 8.61. The van der Waals surface area contributed by atoms with Gasteiger partial charge in [-0.15, -0.1) is 0 Å². The normalized spacial score (nSPS) is 11.6. The van der Waals surface area contributed by atoms with Gasteiger partial charge in [0, 0.05) is 11.8 Å².